The van der Waals surface area contributed by atoms with Gasteiger partial charge in [0.2, 0.25) is 0 Å². The van der Waals surface area contributed by atoms with E-state index < -0.39 is 0 Å². The van der Waals surface area contributed by atoms with Crippen LogP contribution in [0.25, 0.3) is 0 Å². The maximum atomic E-state index is 12.7. The van der Waals surface area contributed by atoms with Crippen molar-refractivity contribution in [2.24, 2.45) is 7.05 Å². The first-order chi connectivity index (χ1) is 8.66. The zero-order valence-corrected chi connectivity index (χ0v) is 10.1. The Labute approximate surface area is 104 Å². The molecule has 2 aromatic rings. The average Bonchev–Trinajstić information content (AvgIpc) is 2.78. The number of rotatable bonds is 4. The molecule has 1 amide bonds. The van der Waals surface area contributed by atoms with Crippen molar-refractivity contribution in [1.82, 2.24) is 15.1 Å². The van der Waals surface area contributed by atoms with Gasteiger partial charge in [0.15, 0.2) is 0 Å². The number of halogens is 1. The second-order valence-electron chi connectivity index (χ2n) is 3.97. The Kier molecular flexibility index (Phi) is 3.72. The number of amides is 1. The second-order valence-corrected chi connectivity index (χ2v) is 3.97. The lowest BCUT2D eigenvalue weighted by Crippen LogP contribution is -2.27. The van der Waals surface area contributed by atoms with Gasteiger partial charge in [0.25, 0.3) is 5.91 Å². The minimum absolute atomic E-state index is 0.155. The molecule has 0 aliphatic heterocycles. The van der Waals surface area contributed by atoms with Gasteiger partial charge in [0.05, 0.1) is 0 Å². The summed E-state index contributed by atoms with van der Waals surface area (Å²) in [6.07, 6.45) is 2.25. The summed E-state index contributed by atoms with van der Waals surface area (Å²) in [5.74, 6) is -0.408. The fraction of sp³-hybridized carbons (Fsp3) is 0.231. The predicted molar refractivity (Wildman–Crippen MR) is 65.6 cm³/mol. The molecule has 0 atom stereocenters. The van der Waals surface area contributed by atoms with Gasteiger partial charge in [-0.3, -0.25) is 9.48 Å². The second kappa shape index (κ2) is 5.44. The zero-order valence-electron chi connectivity index (χ0n) is 10.1. The molecular weight excluding hydrogens is 233 g/mol. The number of carbonyl (C=O) groups excluding carboxylic acids is 1. The zero-order chi connectivity index (χ0) is 13.0. The Morgan fingerprint density at radius 3 is 2.67 bits per heavy atom. The van der Waals surface area contributed by atoms with E-state index in [0.29, 0.717) is 18.7 Å². The molecule has 1 aromatic heterocycles. The minimum Gasteiger partial charge on any atom is -0.350 e. The molecular formula is C13H14FN3O. The van der Waals surface area contributed by atoms with Gasteiger partial charge in [-0.15, -0.1) is 0 Å². The summed E-state index contributed by atoms with van der Waals surface area (Å²) in [6, 6.07) is 7.92. The van der Waals surface area contributed by atoms with Gasteiger partial charge in [0.1, 0.15) is 11.5 Å². The number of hydrogen-bond donors (Lipinski definition) is 1. The highest BCUT2D eigenvalue weighted by Gasteiger charge is 2.08. The predicted octanol–water partition coefficient (Wildman–Crippen LogP) is 1.53. The summed E-state index contributed by atoms with van der Waals surface area (Å²) in [5.41, 5.74) is 1.51. The van der Waals surface area contributed by atoms with E-state index in [0.717, 1.165) is 5.56 Å². The minimum atomic E-state index is -0.252. The van der Waals surface area contributed by atoms with E-state index in [9.17, 15) is 9.18 Å². The van der Waals surface area contributed by atoms with E-state index in [1.165, 1.54) is 16.8 Å². The summed E-state index contributed by atoms with van der Waals surface area (Å²) in [6.45, 7) is 0.510. The highest BCUT2D eigenvalue weighted by atomic mass is 19.1. The molecule has 0 unspecified atom stereocenters. The van der Waals surface area contributed by atoms with E-state index >= 15 is 0 Å². The third kappa shape index (κ3) is 2.94. The summed E-state index contributed by atoms with van der Waals surface area (Å²) in [5, 5.41) is 6.72. The van der Waals surface area contributed by atoms with Crippen molar-refractivity contribution in [3.63, 3.8) is 0 Å². The molecule has 0 saturated heterocycles. The van der Waals surface area contributed by atoms with Gasteiger partial charge in [-0.1, -0.05) is 12.1 Å². The lowest BCUT2D eigenvalue weighted by atomic mass is 10.1. The topological polar surface area (TPSA) is 46.9 Å². The smallest absolute Gasteiger partial charge is 0.269 e. The van der Waals surface area contributed by atoms with Crippen LogP contribution < -0.4 is 5.32 Å². The highest BCUT2D eigenvalue weighted by Crippen LogP contribution is 2.03. The molecule has 0 fully saturated rings. The monoisotopic (exact) mass is 247 g/mol. The fourth-order valence-corrected chi connectivity index (χ4v) is 1.66. The maximum absolute atomic E-state index is 12.7. The Balaban J connectivity index is 1.84. The number of nitrogens with zero attached hydrogens (tertiary/aromatic N) is 2. The van der Waals surface area contributed by atoms with Crippen molar-refractivity contribution in [3.8, 4) is 0 Å². The molecule has 94 valence electrons. The maximum Gasteiger partial charge on any atom is 0.269 e. The molecule has 1 N–H and O–H groups in total. The van der Waals surface area contributed by atoms with E-state index in [1.54, 1.807) is 31.4 Å². The van der Waals surface area contributed by atoms with Crippen molar-refractivity contribution in [3.05, 3.63) is 53.6 Å². The SMILES string of the molecule is Cn1nccc1C(=O)NCCc1ccc(F)cc1. The molecule has 0 radical (unpaired) electrons. The molecule has 1 aromatic carbocycles. The van der Waals surface area contributed by atoms with Crippen LogP contribution in [0.4, 0.5) is 4.39 Å². The lowest BCUT2D eigenvalue weighted by Gasteiger charge is -2.05. The van der Waals surface area contributed by atoms with Gasteiger partial charge in [0, 0.05) is 19.8 Å². The van der Waals surface area contributed by atoms with E-state index in [-0.39, 0.29) is 11.7 Å². The number of carbonyl (C=O) groups is 1. The molecule has 0 saturated carbocycles. The van der Waals surface area contributed by atoms with Crippen molar-refractivity contribution in [1.29, 1.82) is 0 Å². The molecule has 2 rings (SSSR count). The van der Waals surface area contributed by atoms with Gasteiger partial charge in [-0.2, -0.15) is 5.10 Å². The highest BCUT2D eigenvalue weighted by molar-refractivity contribution is 5.92. The molecule has 1 heterocycles. The number of aromatic nitrogens is 2. The Hall–Kier alpha value is -2.17. The van der Waals surface area contributed by atoms with Crippen LogP contribution in [0.15, 0.2) is 36.5 Å². The van der Waals surface area contributed by atoms with Crippen molar-refractivity contribution in [2.45, 2.75) is 6.42 Å². The van der Waals surface area contributed by atoms with Gasteiger partial charge < -0.3 is 5.32 Å². The fourth-order valence-electron chi connectivity index (χ4n) is 1.66. The largest absolute Gasteiger partial charge is 0.350 e. The van der Waals surface area contributed by atoms with Gasteiger partial charge in [-0.05, 0) is 30.2 Å². The van der Waals surface area contributed by atoms with Crippen LogP contribution >= 0.6 is 0 Å². The quantitative estimate of drug-likeness (QED) is 0.890. The third-order valence-corrected chi connectivity index (χ3v) is 2.67. The van der Waals surface area contributed by atoms with Gasteiger partial charge >= 0.3 is 0 Å². The third-order valence-electron chi connectivity index (χ3n) is 2.67. The first kappa shape index (κ1) is 12.3. The molecule has 0 aliphatic rings. The van der Waals surface area contributed by atoms with Crippen molar-refractivity contribution in [2.75, 3.05) is 6.54 Å². The van der Waals surface area contributed by atoms with E-state index in [4.69, 9.17) is 0 Å². The van der Waals surface area contributed by atoms with Crippen LogP contribution in [0.3, 0.4) is 0 Å². The summed E-state index contributed by atoms with van der Waals surface area (Å²) in [7, 11) is 1.72. The van der Waals surface area contributed by atoms with Crippen LogP contribution in [0.5, 0.6) is 0 Å². The summed E-state index contributed by atoms with van der Waals surface area (Å²) < 4.78 is 14.2. The normalized spacial score (nSPS) is 10.3. The Bertz CT molecular complexity index is 533. The van der Waals surface area contributed by atoms with Gasteiger partial charge in [-0.25, -0.2) is 4.39 Å². The Morgan fingerprint density at radius 1 is 1.33 bits per heavy atom. The molecule has 4 nitrogen and oxygen atoms in total. The van der Waals surface area contributed by atoms with Crippen molar-refractivity contribution >= 4 is 5.91 Å². The number of aryl methyl sites for hydroxylation is 1. The van der Waals surface area contributed by atoms with Crippen LogP contribution in [-0.4, -0.2) is 22.2 Å². The van der Waals surface area contributed by atoms with Crippen LogP contribution in [-0.2, 0) is 13.5 Å². The summed E-state index contributed by atoms with van der Waals surface area (Å²) in [4.78, 5) is 11.7. The van der Waals surface area contributed by atoms with E-state index in [2.05, 4.69) is 10.4 Å². The van der Waals surface area contributed by atoms with Crippen molar-refractivity contribution < 1.29 is 9.18 Å². The number of benzene rings is 1. The van der Waals surface area contributed by atoms with E-state index in [1.807, 2.05) is 0 Å². The molecule has 0 bridgehead atoms. The molecule has 0 spiro atoms. The molecule has 0 aliphatic carbocycles. The number of nitrogens with one attached hydrogen (secondary N) is 1. The lowest BCUT2D eigenvalue weighted by molar-refractivity contribution is 0.0944. The van der Waals surface area contributed by atoms with Crippen LogP contribution in [0, 0.1) is 5.82 Å². The first-order valence-electron chi connectivity index (χ1n) is 5.67. The summed E-state index contributed by atoms with van der Waals surface area (Å²) >= 11 is 0. The van der Waals surface area contributed by atoms with Crippen LogP contribution in [0.2, 0.25) is 0 Å². The first-order valence-corrected chi connectivity index (χ1v) is 5.67. The molecule has 5 heteroatoms. The molecule has 18 heavy (non-hydrogen) atoms. The average molecular weight is 247 g/mol. The van der Waals surface area contributed by atoms with Crippen LogP contribution in [0.1, 0.15) is 16.1 Å². The Morgan fingerprint density at radius 2 is 2.06 bits per heavy atom. The number of hydrogen-bond acceptors (Lipinski definition) is 2. The standard InChI is InChI=1S/C13H14FN3O/c1-17-12(7-9-16-17)13(18)15-8-6-10-2-4-11(14)5-3-10/h2-5,7,9H,6,8H2,1H3,(H,15,18).